The molecule has 1 aromatic rings. The van der Waals surface area contributed by atoms with Gasteiger partial charge in [-0.3, -0.25) is 4.99 Å². The first-order valence-electron chi connectivity index (χ1n) is 9.70. The number of aryl methyl sites for hydroxylation is 1. The summed E-state index contributed by atoms with van der Waals surface area (Å²) in [6, 6.07) is 0. The number of nitrogens with zero attached hydrogens (tertiary/aromatic N) is 1. The van der Waals surface area contributed by atoms with Crippen molar-refractivity contribution < 1.29 is 0 Å². The van der Waals surface area contributed by atoms with E-state index in [-0.39, 0.29) is 0 Å². The predicted octanol–water partition coefficient (Wildman–Crippen LogP) is 7.93. The Kier molecular flexibility index (Phi) is 10.6. The molecule has 0 amide bonds. The van der Waals surface area contributed by atoms with Crippen molar-refractivity contribution >= 4 is 29.1 Å². The zero-order valence-electron chi connectivity index (χ0n) is 17.7. The minimum atomic E-state index is 0.431. The molecule has 0 aromatic carbocycles. The topological polar surface area (TPSA) is 28.1 Å². The van der Waals surface area contributed by atoms with Crippen molar-refractivity contribution in [2.24, 2.45) is 10.9 Å². The fraction of sp³-hybridized carbons (Fsp3) is 0.375. The third-order valence-corrected chi connectivity index (χ3v) is 5.50. The molecule has 0 aliphatic heterocycles. The Morgan fingerprint density at radius 3 is 2.70 bits per heavy atom. The zero-order chi connectivity index (χ0) is 20.2. The molecule has 0 aliphatic rings. The molecule has 1 heterocycles. The molecule has 3 heteroatoms. The van der Waals surface area contributed by atoms with E-state index in [2.05, 4.69) is 69.9 Å². The maximum atomic E-state index is 4.73. The fourth-order valence-corrected chi connectivity index (χ4v) is 3.71. The average molecular weight is 383 g/mol. The number of aliphatic imine (C=N–C) groups is 1. The minimum Gasteiger partial charge on any atom is -0.364 e. The van der Waals surface area contributed by atoms with Crippen molar-refractivity contribution in [1.82, 2.24) is 4.98 Å². The van der Waals surface area contributed by atoms with Gasteiger partial charge in [-0.2, -0.15) is 0 Å². The lowest BCUT2D eigenvalue weighted by Crippen LogP contribution is -2.11. The van der Waals surface area contributed by atoms with E-state index in [1.165, 1.54) is 33.0 Å². The number of rotatable bonds is 10. The Morgan fingerprint density at radius 1 is 1.37 bits per heavy atom. The first kappa shape index (κ1) is 23.0. The summed E-state index contributed by atoms with van der Waals surface area (Å²) in [5.41, 5.74) is 6.02. The minimum absolute atomic E-state index is 0.431. The predicted molar refractivity (Wildman–Crippen MR) is 126 cm³/mol. The molecule has 1 rings (SSSR count). The first-order valence-corrected chi connectivity index (χ1v) is 10.6. The van der Waals surface area contributed by atoms with Crippen LogP contribution in [0.5, 0.6) is 0 Å². The van der Waals surface area contributed by atoms with Gasteiger partial charge in [-0.05, 0) is 50.5 Å². The lowest BCUT2D eigenvalue weighted by molar-refractivity contribution is 0.741. The highest BCUT2D eigenvalue weighted by molar-refractivity contribution is 8.06. The number of hydrogen-bond acceptors (Lipinski definition) is 2. The van der Waals surface area contributed by atoms with Gasteiger partial charge in [0.25, 0.3) is 0 Å². The number of H-pyrrole nitrogens is 1. The summed E-state index contributed by atoms with van der Waals surface area (Å²) in [7, 11) is 0. The molecule has 0 bridgehead atoms. The molecule has 0 spiro atoms. The molecule has 0 fully saturated rings. The summed E-state index contributed by atoms with van der Waals surface area (Å²) < 4.78 is 0. The van der Waals surface area contributed by atoms with Gasteiger partial charge in [0.2, 0.25) is 0 Å². The molecule has 146 valence electrons. The van der Waals surface area contributed by atoms with Crippen LogP contribution in [-0.2, 0) is 0 Å². The number of aromatic nitrogens is 1. The van der Waals surface area contributed by atoms with Gasteiger partial charge in [-0.1, -0.05) is 69.5 Å². The number of aromatic amines is 1. The quantitative estimate of drug-likeness (QED) is 0.323. The highest BCUT2D eigenvalue weighted by Crippen LogP contribution is 2.30. The molecule has 0 saturated carbocycles. The van der Waals surface area contributed by atoms with Crippen molar-refractivity contribution in [2.45, 2.75) is 54.4 Å². The Balaban J connectivity index is 3.20. The fourth-order valence-electron chi connectivity index (χ4n) is 2.64. The van der Waals surface area contributed by atoms with Gasteiger partial charge < -0.3 is 4.98 Å². The maximum Gasteiger partial charge on any atom is 0.0567 e. The van der Waals surface area contributed by atoms with Gasteiger partial charge >= 0.3 is 0 Å². The summed E-state index contributed by atoms with van der Waals surface area (Å²) in [6.45, 7) is 16.7. The van der Waals surface area contributed by atoms with E-state index in [1.807, 2.05) is 31.4 Å². The van der Waals surface area contributed by atoms with Crippen LogP contribution in [0.25, 0.3) is 11.6 Å². The second-order valence-electron chi connectivity index (χ2n) is 6.54. The molecule has 1 aromatic heterocycles. The lowest BCUT2D eigenvalue weighted by atomic mass is 10.0. The molecule has 1 N–H and O–H groups in total. The summed E-state index contributed by atoms with van der Waals surface area (Å²) in [6.07, 6.45) is 16.2. The second kappa shape index (κ2) is 12.4. The van der Waals surface area contributed by atoms with Crippen LogP contribution in [-0.4, -0.2) is 10.7 Å². The first-order chi connectivity index (χ1) is 13.0. The molecular weight excluding hydrogens is 348 g/mol. The number of allylic oxidation sites excluding steroid dienone is 6. The van der Waals surface area contributed by atoms with E-state index in [9.17, 15) is 0 Å². The third kappa shape index (κ3) is 6.91. The smallest absolute Gasteiger partial charge is 0.0567 e. The van der Waals surface area contributed by atoms with Crippen LogP contribution in [0.1, 0.15) is 64.3 Å². The van der Waals surface area contributed by atoms with Crippen LogP contribution < -0.4 is 0 Å². The maximum absolute atomic E-state index is 4.73. The summed E-state index contributed by atoms with van der Waals surface area (Å²) in [5, 5.41) is 2.24. The number of hydrogen-bond donors (Lipinski definition) is 1. The number of thioether (sulfide) groups is 1. The summed E-state index contributed by atoms with van der Waals surface area (Å²) >= 11 is 1.77. The van der Waals surface area contributed by atoms with Crippen molar-refractivity contribution in [3.8, 4) is 0 Å². The normalized spacial score (nSPS) is 15.1. The Bertz CT molecular complexity index is 757. The molecule has 1 atom stereocenters. The van der Waals surface area contributed by atoms with Crippen molar-refractivity contribution in [3.63, 3.8) is 0 Å². The van der Waals surface area contributed by atoms with E-state index < -0.39 is 0 Å². The van der Waals surface area contributed by atoms with E-state index in [1.54, 1.807) is 11.8 Å². The molecule has 27 heavy (non-hydrogen) atoms. The standard InChI is InChI=1S/C24H34N2S/c1-8-12-14-21-20(7)26-16-22(21)19(6)17-27-23(13-9-2)24(18(5)11-4)25-15-10-3/h8,10,12-18,26H,1,9,11H2,2-7H3/b14-12-,15-10-,19-17+,23-13-,25-24+. The van der Waals surface area contributed by atoms with Crippen molar-refractivity contribution in [2.75, 3.05) is 0 Å². The summed E-state index contributed by atoms with van der Waals surface area (Å²) in [5.74, 6) is 0.431. The summed E-state index contributed by atoms with van der Waals surface area (Å²) in [4.78, 5) is 9.32. The Morgan fingerprint density at radius 2 is 2.11 bits per heavy atom. The van der Waals surface area contributed by atoms with Crippen LogP contribution in [0.15, 0.2) is 58.6 Å². The van der Waals surface area contributed by atoms with Gasteiger partial charge in [0.05, 0.1) is 5.71 Å². The van der Waals surface area contributed by atoms with E-state index in [0.717, 1.165) is 12.8 Å². The van der Waals surface area contributed by atoms with Gasteiger partial charge in [0, 0.05) is 34.1 Å². The lowest BCUT2D eigenvalue weighted by Gasteiger charge is -2.15. The van der Waals surface area contributed by atoms with E-state index >= 15 is 0 Å². The molecule has 0 aliphatic carbocycles. The van der Waals surface area contributed by atoms with E-state index in [4.69, 9.17) is 4.99 Å². The SMILES string of the molecule is C=C/C=C\c1c(/C(C)=C/SC(=C\CC)/C(=N/C=C\C)C(C)CC)c[nH]c1C. The third-order valence-electron chi connectivity index (χ3n) is 4.40. The molecule has 0 radical (unpaired) electrons. The van der Waals surface area contributed by atoms with E-state index in [0.29, 0.717) is 5.92 Å². The van der Waals surface area contributed by atoms with Crippen LogP contribution >= 0.6 is 11.8 Å². The van der Waals surface area contributed by atoms with Gasteiger partial charge in [0.15, 0.2) is 0 Å². The van der Waals surface area contributed by atoms with Gasteiger partial charge in [-0.15, -0.1) is 0 Å². The Labute approximate surface area is 170 Å². The largest absolute Gasteiger partial charge is 0.364 e. The highest BCUT2D eigenvalue weighted by atomic mass is 32.2. The van der Waals surface area contributed by atoms with Crippen LogP contribution in [0.3, 0.4) is 0 Å². The molecular formula is C24H34N2S. The highest BCUT2D eigenvalue weighted by Gasteiger charge is 2.14. The van der Waals surface area contributed by atoms with Crippen molar-refractivity contribution in [3.05, 3.63) is 70.4 Å². The van der Waals surface area contributed by atoms with Crippen LogP contribution in [0, 0.1) is 12.8 Å². The monoisotopic (exact) mass is 382 g/mol. The van der Waals surface area contributed by atoms with Crippen LogP contribution in [0.2, 0.25) is 0 Å². The average Bonchev–Trinajstić information content (AvgIpc) is 3.04. The molecule has 2 nitrogen and oxygen atoms in total. The van der Waals surface area contributed by atoms with Crippen molar-refractivity contribution in [1.29, 1.82) is 0 Å². The Hall–Kier alpha value is -2.00. The second-order valence-corrected chi connectivity index (χ2v) is 7.45. The van der Waals surface area contributed by atoms with Crippen LogP contribution in [0.4, 0.5) is 0 Å². The zero-order valence-corrected chi connectivity index (χ0v) is 18.5. The van der Waals surface area contributed by atoms with Gasteiger partial charge in [-0.25, -0.2) is 0 Å². The van der Waals surface area contributed by atoms with Gasteiger partial charge in [0.1, 0.15) is 0 Å². The molecule has 1 unspecified atom stereocenters. The number of nitrogens with one attached hydrogen (secondary N) is 1. The molecule has 0 saturated heterocycles.